The average Bonchev–Trinajstić information content (AvgIpc) is 2.70. The van der Waals surface area contributed by atoms with Crippen LogP contribution in [-0.2, 0) is 19.9 Å². The second-order valence-electron chi connectivity index (χ2n) is 6.13. The van der Waals surface area contributed by atoms with E-state index in [1.165, 1.54) is 37.8 Å². The molecule has 0 amide bonds. The molecule has 0 N–H and O–H groups in total. The van der Waals surface area contributed by atoms with Crippen LogP contribution < -0.4 is 0 Å². The molecule has 2 nitrogen and oxygen atoms in total. The molecular weight excluding hydrogens is 336 g/mol. The van der Waals surface area contributed by atoms with Crippen molar-refractivity contribution in [2.75, 3.05) is 0 Å². The van der Waals surface area contributed by atoms with Gasteiger partial charge in [0.1, 0.15) is 0 Å². The van der Waals surface area contributed by atoms with Gasteiger partial charge >= 0.3 is 0 Å². The maximum atomic E-state index is 6.50. The van der Waals surface area contributed by atoms with E-state index in [1.807, 2.05) is 11.7 Å². The van der Waals surface area contributed by atoms with Crippen LogP contribution in [0.5, 0.6) is 0 Å². The minimum Gasteiger partial charge on any atom is -0.271 e. The molecule has 1 heterocycles. The van der Waals surface area contributed by atoms with Crippen LogP contribution in [0.25, 0.3) is 0 Å². The second-order valence-corrected chi connectivity index (χ2v) is 7.69. The summed E-state index contributed by atoms with van der Waals surface area (Å²) in [6, 6.07) is 0. The molecule has 0 saturated heterocycles. The fraction of sp³-hybridized carbons (Fsp3) is 0.812. The van der Waals surface area contributed by atoms with Crippen molar-refractivity contribution in [2.45, 2.75) is 63.6 Å². The van der Waals surface area contributed by atoms with Gasteiger partial charge in [-0.2, -0.15) is 5.10 Å². The Labute approximate surface area is 136 Å². The molecule has 0 bridgehead atoms. The molecule has 3 atom stereocenters. The van der Waals surface area contributed by atoms with E-state index in [4.69, 9.17) is 11.6 Å². The van der Waals surface area contributed by atoms with Gasteiger partial charge in [0, 0.05) is 11.9 Å². The highest BCUT2D eigenvalue weighted by atomic mass is 79.9. The fourth-order valence-corrected chi connectivity index (χ4v) is 4.53. The monoisotopic (exact) mass is 360 g/mol. The first-order valence-electron chi connectivity index (χ1n) is 7.91. The van der Waals surface area contributed by atoms with Crippen LogP contribution in [0.1, 0.15) is 57.3 Å². The van der Waals surface area contributed by atoms with E-state index in [9.17, 15) is 0 Å². The number of aromatic nitrogens is 2. The molecule has 2 rings (SSSR count). The normalized spacial score (nSPS) is 26.9. The first kappa shape index (κ1) is 16.4. The van der Waals surface area contributed by atoms with Crippen molar-refractivity contribution in [3.8, 4) is 0 Å². The highest BCUT2D eigenvalue weighted by molar-refractivity contribution is 9.09. The van der Waals surface area contributed by atoms with Gasteiger partial charge in [-0.3, -0.25) is 4.68 Å². The number of nitrogens with zero attached hydrogens (tertiary/aromatic N) is 2. The van der Waals surface area contributed by atoms with Crippen molar-refractivity contribution in [2.24, 2.45) is 18.9 Å². The third-order valence-corrected chi connectivity index (χ3v) is 6.30. The first-order chi connectivity index (χ1) is 9.56. The number of hydrogen-bond acceptors (Lipinski definition) is 1. The lowest BCUT2D eigenvalue weighted by Crippen LogP contribution is -2.27. The summed E-state index contributed by atoms with van der Waals surface area (Å²) < 4.78 is 1.99. The van der Waals surface area contributed by atoms with Gasteiger partial charge in [-0.1, -0.05) is 54.2 Å². The topological polar surface area (TPSA) is 17.8 Å². The zero-order valence-electron chi connectivity index (χ0n) is 12.8. The molecule has 1 fully saturated rings. The van der Waals surface area contributed by atoms with Crippen molar-refractivity contribution in [1.29, 1.82) is 0 Å². The maximum Gasteiger partial charge on any atom is 0.0849 e. The van der Waals surface area contributed by atoms with Crippen molar-refractivity contribution in [3.05, 3.63) is 16.4 Å². The zero-order valence-corrected chi connectivity index (χ0v) is 15.2. The molecule has 1 aliphatic carbocycles. The predicted octanol–water partition coefficient (Wildman–Crippen LogP) is 5.16. The van der Waals surface area contributed by atoms with Crippen molar-refractivity contribution in [3.63, 3.8) is 0 Å². The van der Waals surface area contributed by atoms with Crippen molar-refractivity contribution >= 4 is 27.5 Å². The lowest BCUT2D eigenvalue weighted by Gasteiger charge is -2.33. The Morgan fingerprint density at radius 1 is 1.35 bits per heavy atom. The van der Waals surface area contributed by atoms with E-state index >= 15 is 0 Å². The first-order valence-corrected chi connectivity index (χ1v) is 9.20. The molecule has 0 spiro atoms. The zero-order chi connectivity index (χ0) is 14.7. The number of hydrogen-bond donors (Lipinski definition) is 0. The van der Waals surface area contributed by atoms with E-state index in [0.29, 0.717) is 10.7 Å². The van der Waals surface area contributed by atoms with Crippen LogP contribution >= 0.6 is 27.5 Å². The highest BCUT2D eigenvalue weighted by Crippen LogP contribution is 2.38. The summed E-state index contributed by atoms with van der Waals surface area (Å²) in [7, 11) is 2.02. The largest absolute Gasteiger partial charge is 0.271 e. The number of aryl methyl sites for hydroxylation is 2. The quantitative estimate of drug-likeness (QED) is 0.662. The molecule has 1 saturated carbocycles. The predicted molar refractivity (Wildman–Crippen MR) is 89.8 cm³/mol. The standard InChI is InChI=1S/C16H26BrClN2/c1-4-6-11-7-8-13(17)12(9-11)10-15-16(18)14(5-2)19-20(15)3/h11-13H,4-10H2,1-3H3. The minimum absolute atomic E-state index is 0.631. The molecule has 0 aromatic carbocycles. The van der Waals surface area contributed by atoms with Gasteiger partial charge in [-0.25, -0.2) is 0 Å². The van der Waals surface area contributed by atoms with Crippen molar-refractivity contribution < 1.29 is 0 Å². The van der Waals surface area contributed by atoms with Crippen LogP contribution in [-0.4, -0.2) is 14.6 Å². The fourth-order valence-electron chi connectivity index (χ4n) is 3.50. The Bertz CT molecular complexity index is 444. The van der Waals surface area contributed by atoms with Crippen LogP contribution in [0.15, 0.2) is 0 Å². The van der Waals surface area contributed by atoms with Gasteiger partial charge in [-0.05, 0) is 43.9 Å². The van der Waals surface area contributed by atoms with Crippen LogP contribution in [0.3, 0.4) is 0 Å². The summed E-state index contributed by atoms with van der Waals surface area (Å²) >= 11 is 10.4. The molecule has 114 valence electrons. The molecule has 4 heteroatoms. The Morgan fingerprint density at radius 3 is 2.70 bits per heavy atom. The third-order valence-electron chi connectivity index (χ3n) is 4.65. The Balaban J connectivity index is 2.09. The number of alkyl halides is 1. The highest BCUT2D eigenvalue weighted by Gasteiger charge is 2.30. The van der Waals surface area contributed by atoms with Gasteiger partial charge in [0.25, 0.3) is 0 Å². The summed E-state index contributed by atoms with van der Waals surface area (Å²) in [5, 5.41) is 5.44. The van der Waals surface area contributed by atoms with Gasteiger partial charge < -0.3 is 0 Å². The Hall–Kier alpha value is -0.0200. The summed E-state index contributed by atoms with van der Waals surface area (Å²) in [6.07, 6.45) is 8.64. The van der Waals surface area contributed by atoms with Crippen molar-refractivity contribution in [1.82, 2.24) is 9.78 Å². The van der Waals surface area contributed by atoms with E-state index < -0.39 is 0 Å². The summed E-state index contributed by atoms with van der Waals surface area (Å²) in [5.74, 6) is 1.59. The molecule has 0 aliphatic heterocycles. The average molecular weight is 362 g/mol. The van der Waals surface area contributed by atoms with Gasteiger partial charge in [0.15, 0.2) is 0 Å². The Kier molecular flexibility index (Phi) is 5.97. The van der Waals surface area contributed by atoms with Gasteiger partial charge in [-0.15, -0.1) is 0 Å². The maximum absolute atomic E-state index is 6.50. The van der Waals surface area contributed by atoms with Crippen LogP contribution in [0, 0.1) is 11.8 Å². The smallest absolute Gasteiger partial charge is 0.0849 e. The number of rotatable bonds is 5. The Morgan fingerprint density at radius 2 is 2.10 bits per heavy atom. The molecule has 20 heavy (non-hydrogen) atoms. The van der Waals surface area contributed by atoms with Gasteiger partial charge in [0.05, 0.1) is 16.4 Å². The second kappa shape index (κ2) is 7.31. The molecule has 1 aromatic rings. The minimum atomic E-state index is 0.631. The van der Waals surface area contributed by atoms with Gasteiger partial charge in [0.2, 0.25) is 0 Å². The summed E-state index contributed by atoms with van der Waals surface area (Å²) in [6.45, 7) is 4.41. The number of halogens is 2. The molecule has 1 aromatic heterocycles. The van der Waals surface area contributed by atoms with Crippen LogP contribution in [0.2, 0.25) is 5.02 Å². The summed E-state index contributed by atoms with van der Waals surface area (Å²) in [4.78, 5) is 0.631. The van der Waals surface area contributed by atoms with E-state index in [0.717, 1.165) is 29.5 Å². The molecular formula is C16H26BrClN2. The third kappa shape index (κ3) is 3.59. The van der Waals surface area contributed by atoms with Crippen LogP contribution in [0.4, 0.5) is 0 Å². The molecule has 0 radical (unpaired) electrons. The molecule has 1 aliphatic rings. The van der Waals surface area contributed by atoms with E-state index in [2.05, 4.69) is 34.9 Å². The lowest BCUT2D eigenvalue weighted by atomic mass is 9.77. The summed E-state index contributed by atoms with van der Waals surface area (Å²) in [5.41, 5.74) is 2.26. The molecule has 3 unspecified atom stereocenters. The van der Waals surface area contributed by atoms with E-state index in [1.54, 1.807) is 0 Å². The van der Waals surface area contributed by atoms with E-state index in [-0.39, 0.29) is 0 Å². The lowest BCUT2D eigenvalue weighted by molar-refractivity contribution is 0.260. The SMILES string of the molecule is CCCC1CCC(Br)C(Cc2c(Cl)c(CC)nn2C)C1.